The Morgan fingerprint density at radius 3 is 2.64 bits per heavy atom. The lowest BCUT2D eigenvalue weighted by Crippen LogP contribution is -2.27. The Labute approximate surface area is 170 Å². The van der Waals surface area contributed by atoms with Crippen molar-refractivity contribution in [2.24, 2.45) is 5.10 Å². The summed E-state index contributed by atoms with van der Waals surface area (Å²) in [6, 6.07) is 10.3. The van der Waals surface area contributed by atoms with Crippen LogP contribution in [0, 0.1) is 5.82 Å². The molecule has 1 atom stereocenters. The number of benzene rings is 2. The monoisotopic (exact) mass is 418 g/mol. The minimum absolute atomic E-state index is 0.00340. The average Bonchev–Trinajstić information content (AvgIpc) is 3.16. The summed E-state index contributed by atoms with van der Waals surface area (Å²) < 4.78 is 13.9. The summed E-state index contributed by atoms with van der Waals surface area (Å²) in [7, 11) is 3.89. The lowest BCUT2D eigenvalue weighted by Gasteiger charge is -2.20. The van der Waals surface area contributed by atoms with Crippen LogP contribution < -0.4 is 10.2 Å². The van der Waals surface area contributed by atoms with Gasteiger partial charge in [0.25, 0.3) is 11.8 Å². The van der Waals surface area contributed by atoms with Crippen molar-refractivity contribution in [3.8, 4) is 0 Å². The van der Waals surface area contributed by atoms with E-state index in [0.29, 0.717) is 11.3 Å². The van der Waals surface area contributed by atoms with E-state index in [1.165, 1.54) is 22.8 Å². The van der Waals surface area contributed by atoms with E-state index in [9.17, 15) is 14.0 Å². The highest BCUT2D eigenvalue weighted by molar-refractivity contribution is 8.00. The zero-order valence-electron chi connectivity index (χ0n) is 15.1. The van der Waals surface area contributed by atoms with Crippen LogP contribution in [0.4, 0.5) is 15.8 Å². The van der Waals surface area contributed by atoms with Crippen LogP contribution in [0.5, 0.6) is 0 Å². The number of rotatable bonds is 3. The van der Waals surface area contributed by atoms with Crippen molar-refractivity contribution in [1.29, 1.82) is 0 Å². The molecule has 2 aromatic carbocycles. The largest absolute Gasteiger partial charge is 0.378 e. The third kappa shape index (κ3) is 3.22. The first kappa shape index (κ1) is 18.8. The van der Waals surface area contributed by atoms with Crippen molar-refractivity contribution >= 4 is 52.3 Å². The molecule has 6 nitrogen and oxygen atoms in total. The van der Waals surface area contributed by atoms with E-state index in [0.717, 1.165) is 17.3 Å². The topological polar surface area (TPSA) is 65.0 Å². The van der Waals surface area contributed by atoms with Gasteiger partial charge in [0.2, 0.25) is 0 Å². The number of nitrogens with zero attached hydrogens (tertiary/aromatic N) is 3. The van der Waals surface area contributed by atoms with E-state index >= 15 is 0 Å². The maximum atomic E-state index is 13.9. The normalized spacial score (nSPS) is 19.9. The van der Waals surface area contributed by atoms with Crippen LogP contribution in [0.2, 0.25) is 5.02 Å². The molecule has 0 radical (unpaired) electrons. The molecule has 0 bridgehead atoms. The first-order valence-electron chi connectivity index (χ1n) is 8.45. The molecular formula is C19H16ClFN4O2S. The lowest BCUT2D eigenvalue weighted by atomic mass is 10.1. The predicted octanol–water partition coefficient (Wildman–Crippen LogP) is 3.48. The van der Waals surface area contributed by atoms with Gasteiger partial charge in [0.05, 0.1) is 16.5 Å². The molecule has 2 aliphatic rings. The molecular weight excluding hydrogens is 403 g/mol. The molecule has 4 rings (SSSR count). The van der Waals surface area contributed by atoms with Crippen molar-refractivity contribution < 1.29 is 14.0 Å². The van der Waals surface area contributed by atoms with Crippen molar-refractivity contribution in [3.63, 3.8) is 0 Å². The Kier molecular flexibility index (Phi) is 4.76. The van der Waals surface area contributed by atoms with Gasteiger partial charge in [-0.3, -0.25) is 9.59 Å². The summed E-state index contributed by atoms with van der Waals surface area (Å²) in [5.74, 6) is -1.11. The number of thioether (sulfide) groups is 1. The number of hydrazone groups is 1. The number of halogens is 2. The fourth-order valence-corrected chi connectivity index (χ4v) is 4.31. The lowest BCUT2D eigenvalue weighted by molar-refractivity contribution is -0.128. The second kappa shape index (κ2) is 7.10. The number of hydrogen-bond acceptors (Lipinski definition) is 5. The number of fused-ring (bicyclic) bond motifs is 1. The molecule has 2 aliphatic heterocycles. The van der Waals surface area contributed by atoms with Crippen molar-refractivity contribution in [1.82, 2.24) is 5.01 Å². The van der Waals surface area contributed by atoms with E-state index < -0.39 is 11.7 Å². The summed E-state index contributed by atoms with van der Waals surface area (Å²) in [5, 5.41) is 7.77. The van der Waals surface area contributed by atoms with Gasteiger partial charge in [0.15, 0.2) is 5.71 Å². The van der Waals surface area contributed by atoms with Crippen LogP contribution in [-0.2, 0) is 9.59 Å². The van der Waals surface area contributed by atoms with Crippen molar-refractivity contribution in [3.05, 3.63) is 58.4 Å². The van der Waals surface area contributed by atoms with Gasteiger partial charge in [-0.1, -0.05) is 23.7 Å². The second-order valence-corrected chi connectivity index (χ2v) is 8.08. The van der Waals surface area contributed by atoms with E-state index in [4.69, 9.17) is 11.6 Å². The molecule has 0 aromatic heterocycles. The van der Waals surface area contributed by atoms with Gasteiger partial charge in [-0.2, -0.15) is 5.10 Å². The highest BCUT2D eigenvalue weighted by Gasteiger charge is 2.36. The minimum atomic E-state index is -0.650. The molecule has 1 saturated heterocycles. The van der Waals surface area contributed by atoms with Gasteiger partial charge < -0.3 is 10.2 Å². The van der Waals surface area contributed by atoms with Crippen molar-refractivity contribution in [2.75, 3.05) is 30.1 Å². The minimum Gasteiger partial charge on any atom is -0.378 e. The first-order chi connectivity index (χ1) is 13.3. The number of nitrogens with one attached hydrogen (secondary N) is 1. The van der Waals surface area contributed by atoms with Gasteiger partial charge in [-0.05, 0) is 29.8 Å². The van der Waals surface area contributed by atoms with Crippen LogP contribution >= 0.6 is 23.4 Å². The third-order valence-electron chi connectivity index (χ3n) is 4.52. The molecule has 2 aromatic rings. The van der Waals surface area contributed by atoms with Crippen LogP contribution in [0.25, 0.3) is 0 Å². The van der Waals surface area contributed by atoms with Crippen molar-refractivity contribution in [2.45, 2.75) is 5.37 Å². The zero-order valence-corrected chi connectivity index (χ0v) is 16.6. The molecule has 1 N–H and O–H groups in total. The molecule has 0 spiro atoms. The van der Waals surface area contributed by atoms with Crippen LogP contribution in [0.1, 0.15) is 16.5 Å². The number of carbonyl (C=O) groups excluding carboxylic acids is 2. The number of carbonyl (C=O) groups is 2. The fraction of sp³-hybridized carbons (Fsp3) is 0.211. The molecule has 28 heavy (non-hydrogen) atoms. The van der Waals surface area contributed by atoms with E-state index in [1.807, 2.05) is 43.3 Å². The molecule has 9 heteroatoms. The summed E-state index contributed by atoms with van der Waals surface area (Å²) in [5.41, 5.74) is 2.59. The van der Waals surface area contributed by atoms with E-state index in [-0.39, 0.29) is 27.8 Å². The maximum absolute atomic E-state index is 13.9. The van der Waals surface area contributed by atoms with Gasteiger partial charge in [-0.25, -0.2) is 9.40 Å². The Bertz CT molecular complexity index is 1010. The van der Waals surface area contributed by atoms with E-state index in [1.54, 1.807) is 0 Å². The molecule has 0 saturated carbocycles. The summed E-state index contributed by atoms with van der Waals surface area (Å²) in [4.78, 5) is 26.8. The summed E-state index contributed by atoms with van der Waals surface area (Å²) in [6.45, 7) is 0. The van der Waals surface area contributed by atoms with Gasteiger partial charge >= 0.3 is 0 Å². The third-order valence-corrected chi connectivity index (χ3v) is 6.01. The molecule has 1 fully saturated rings. The van der Waals surface area contributed by atoms with Gasteiger partial charge in [0.1, 0.15) is 11.2 Å². The number of amides is 2. The van der Waals surface area contributed by atoms with Gasteiger partial charge in [0, 0.05) is 25.3 Å². The smallest absolute Gasteiger partial charge is 0.276 e. The molecule has 0 aliphatic carbocycles. The first-order valence-corrected chi connectivity index (χ1v) is 9.88. The van der Waals surface area contributed by atoms with Gasteiger partial charge in [-0.15, -0.1) is 11.8 Å². The maximum Gasteiger partial charge on any atom is 0.276 e. The fourth-order valence-electron chi connectivity index (χ4n) is 3.06. The van der Waals surface area contributed by atoms with Crippen LogP contribution in [0.15, 0.2) is 41.5 Å². The Morgan fingerprint density at radius 2 is 1.96 bits per heavy atom. The zero-order chi connectivity index (χ0) is 20.0. The predicted molar refractivity (Wildman–Crippen MR) is 109 cm³/mol. The van der Waals surface area contributed by atoms with Crippen LogP contribution in [-0.4, -0.2) is 42.4 Å². The highest BCUT2D eigenvalue weighted by atomic mass is 35.5. The quantitative estimate of drug-likeness (QED) is 0.828. The second-order valence-electron chi connectivity index (χ2n) is 6.60. The average molecular weight is 419 g/mol. The molecule has 144 valence electrons. The molecule has 2 heterocycles. The number of hydrogen-bond donors (Lipinski definition) is 1. The Hall–Kier alpha value is -2.58. The summed E-state index contributed by atoms with van der Waals surface area (Å²) >= 11 is 7.21. The van der Waals surface area contributed by atoms with Crippen LogP contribution in [0.3, 0.4) is 0 Å². The highest BCUT2D eigenvalue weighted by Crippen LogP contribution is 2.40. The van der Waals surface area contributed by atoms with E-state index in [2.05, 4.69) is 10.4 Å². The number of anilines is 2. The standard InChI is InChI=1S/C19H16ClFN4O2S/c1-24(2)11-5-3-10(4-6-11)19-25(16(26)9-28-19)23-17-12-7-14(21)13(20)8-15(12)22-18(17)27/h3-8,19H,9H2,1-2H3,(H,22,23,27)/t19-/m0/s1. The Balaban J connectivity index is 1.70. The summed E-state index contributed by atoms with van der Waals surface area (Å²) in [6.07, 6.45) is 0. The molecule has 0 unspecified atom stereocenters. The molecule has 2 amide bonds. The Morgan fingerprint density at radius 1 is 1.25 bits per heavy atom. The SMILES string of the molecule is CN(C)c1ccc([C@@H]2SCC(=O)N2/N=C2\C(=O)Nc3cc(Cl)c(F)cc32)cc1.